The van der Waals surface area contributed by atoms with E-state index in [4.69, 9.17) is 0 Å². The van der Waals surface area contributed by atoms with E-state index in [-0.39, 0.29) is 0 Å². The Morgan fingerprint density at radius 2 is 2.12 bits per heavy atom. The first-order valence-electron chi connectivity index (χ1n) is 3.64. The summed E-state index contributed by atoms with van der Waals surface area (Å²) in [7, 11) is 0. The fourth-order valence-corrected chi connectivity index (χ4v) is 1.32. The van der Waals surface area contributed by atoms with E-state index in [1.807, 2.05) is 0 Å². The van der Waals surface area contributed by atoms with Crippen molar-refractivity contribution in [3.8, 4) is 0 Å². The van der Waals surface area contributed by atoms with Crippen molar-refractivity contribution in [3.05, 3.63) is 0 Å². The molecule has 0 aromatic rings. The average Bonchev–Trinajstić information content (AvgIpc) is 1.77. The lowest BCUT2D eigenvalue weighted by molar-refractivity contribution is -0.700. The van der Waals surface area contributed by atoms with Crippen molar-refractivity contribution in [2.24, 2.45) is 5.92 Å². The summed E-state index contributed by atoms with van der Waals surface area (Å²) in [5.74, 6) is 0.948. The highest BCUT2D eigenvalue weighted by Gasteiger charge is 2.18. The summed E-state index contributed by atoms with van der Waals surface area (Å²) in [4.78, 5) is 0. The van der Waals surface area contributed by atoms with Gasteiger partial charge in [-0.25, -0.2) is 0 Å². The van der Waals surface area contributed by atoms with Gasteiger partial charge < -0.3 is 5.32 Å². The van der Waals surface area contributed by atoms with E-state index < -0.39 is 0 Å². The fraction of sp³-hybridized carbons (Fsp3) is 1.00. The largest absolute Gasteiger partial charge is 0.344 e. The van der Waals surface area contributed by atoms with Crippen molar-refractivity contribution in [2.75, 3.05) is 6.54 Å². The van der Waals surface area contributed by atoms with E-state index in [0.717, 1.165) is 12.0 Å². The van der Waals surface area contributed by atoms with Crippen molar-refractivity contribution < 1.29 is 5.32 Å². The minimum absolute atomic E-state index is 0.878. The van der Waals surface area contributed by atoms with Crippen LogP contribution in [0.1, 0.15) is 26.7 Å². The van der Waals surface area contributed by atoms with Gasteiger partial charge in [0.2, 0.25) is 0 Å². The maximum absolute atomic E-state index is 2.45. The lowest BCUT2D eigenvalue weighted by atomic mass is 9.94. The van der Waals surface area contributed by atoms with E-state index in [9.17, 15) is 0 Å². The quantitative estimate of drug-likeness (QED) is 0.468. The highest BCUT2D eigenvalue weighted by atomic mass is 14.9. The van der Waals surface area contributed by atoms with Gasteiger partial charge in [0.15, 0.2) is 0 Å². The standard InChI is InChI=1S/C7H15N/c1-6-4-3-5-8-7(6)2/h6-8H,3-5H2,1-2H3/p+1. The maximum atomic E-state index is 2.45. The minimum atomic E-state index is 0.878. The monoisotopic (exact) mass is 114 g/mol. The molecule has 2 unspecified atom stereocenters. The van der Waals surface area contributed by atoms with Crippen LogP contribution in [0.3, 0.4) is 0 Å². The van der Waals surface area contributed by atoms with Crippen molar-refractivity contribution >= 4 is 0 Å². The predicted molar refractivity (Wildman–Crippen MR) is 34.7 cm³/mol. The summed E-state index contributed by atoms with van der Waals surface area (Å²) in [6.07, 6.45) is 2.86. The van der Waals surface area contributed by atoms with Crippen molar-refractivity contribution in [3.63, 3.8) is 0 Å². The molecular weight excluding hydrogens is 98.1 g/mol. The van der Waals surface area contributed by atoms with Gasteiger partial charge in [-0.15, -0.1) is 0 Å². The topological polar surface area (TPSA) is 16.6 Å². The third-order valence-electron chi connectivity index (χ3n) is 2.30. The lowest BCUT2D eigenvalue weighted by Gasteiger charge is -2.22. The van der Waals surface area contributed by atoms with Crippen LogP contribution in [-0.4, -0.2) is 12.6 Å². The van der Waals surface area contributed by atoms with E-state index >= 15 is 0 Å². The summed E-state index contributed by atoms with van der Waals surface area (Å²) in [5, 5.41) is 2.45. The van der Waals surface area contributed by atoms with Crippen LogP contribution in [0.15, 0.2) is 0 Å². The number of rotatable bonds is 0. The van der Waals surface area contributed by atoms with Crippen LogP contribution >= 0.6 is 0 Å². The van der Waals surface area contributed by atoms with Gasteiger partial charge >= 0.3 is 0 Å². The Morgan fingerprint density at radius 1 is 1.38 bits per heavy atom. The molecule has 0 amide bonds. The molecule has 1 heteroatoms. The predicted octanol–water partition coefficient (Wildman–Crippen LogP) is 0.368. The number of piperidine rings is 1. The maximum Gasteiger partial charge on any atom is 0.0856 e. The zero-order valence-corrected chi connectivity index (χ0v) is 5.85. The summed E-state index contributed by atoms with van der Waals surface area (Å²) in [6, 6.07) is 0.878. The average molecular weight is 114 g/mol. The Kier molecular flexibility index (Phi) is 1.90. The normalized spacial score (nSPS) is 39.8. The molecule has 48 valence electrons. The Hall–Kier alpha value is -0.0400. The first kappa shape index (κ1) is 6.09. The van der Waals surface area contributed by atoms with Gasteiger partial charge in [-0.05, 0) is 19.8 Å². The number of hydrogen-bond acceptors (Lipinski definition) is 0. The summed E-state index contributed by atoms with van der Waals surface area (Å²) in [5.41, 5.74) is 0. The van der Waals surface area contributed by atoms with Gasteiger partial charge in [0, 0.05) is 5.92 Å². The summed E-state index contributed by atoms with van der Waals surface area (Å²) >= 11 is 0. The second kappa shape index (κ2) is 2.49. The fourth-order valence-electron chi connectivity index (χ4n) is 1.32. The number of hydrogen-bond donors (Lipinski definition) is 1. The van der Waals surface area contributed by atoms with E-state index in [0.29, 0.717) is 0 Å². The number of nitrogens with two attached hydrogens (primary N) is 1. The van der Waals surface area contributed by atoms with Gasteiger partial charge in [-0.1, -0.05) is 6.92 Å². The van der Waals surface area contributed by atoms with Crippen LogP contribution in [0.5, 0.6) is 0 Å². The Labute approximate surface area is 51.5 Å². The molecule has 1 fully saturated rings. The van der Waals surface area contributed by atoms with Crippen LogP contribution in [0.2, 0.25) is 0 Å². The molecule has 0 aliphatic carbocycles. The summed E-state index contributed by atoms with van der Waals surface area (Å²) in [6.45, 7) is 6.02. The van der Waals surface area contributed by atoms with Gasteiger partial charge in [0.25, 0.3) is 0 Å². The van der Waals surface area contributed by atoms with Crippen LogP contribution < -0.4 is 5.32 Å². The van der Waals surface area contributed by atoms with Crippen molar-refractivity contribution in [2.45, 2.75) is 32.7 Å². The Balaban J connectivity index is 2.28. The molecule has 2 atom stereocenters. The highest BCUT2D eigenvalue weighted by molar-refractivity contribution is 4.61. The molecule has 1 nitrogen and oxygen atoms in total. The third-order valence-corrected chi connectivity index (χ3v) is 2.30. The SMILES string of the molecule is CC1CCC[NH2+]C1C. The van der Waals surface area contributed by atoms with Crippen LogP contribution in [0.25, 0.3) is 0 Å². The molecule has 8 heavy (non-hydrogen) atoms. The molecule has 1 aliphatic heterocycles. The first-order valence-corrected chi connectivity index (χ1v) is 3.64. The Bertz CT molecular complexity index is 60.8. The van der Waals surface area contributed by atoms with Gasteiger partial charge in [-0.2, -0.15) is 0 Å². The van der Waals surface area contributed by atoms with E-state index in [2.05, 4.69) is 19.2 Å². The van der Waals surface area contributed by atoms with Crippen LogP contribution in [0.4, 0.5) is 0 Å². The van der Waals surface area contributed by atoms with Crippen LogP contribution in [-0.2, 0) is 0 Å². The molecule has 0 aromatic carbocycles. The van der Waals surface area contributed by atoms with Gasteiger partial charge in [0.1, 0.15) is 0 Å². The molecule has 0 spiro atoms. The Morgan fingerprint density at radius 3 is 2.50 bits per heavy atom. The zero-order valence-electron chi connectivity index (χ0n) is 5.85. The van der Waals surface area contributed by atoms with E-state index in [1.54, 1.807) is 0 Å². The lowest BCUT2D eigenvalue weighted by Crippen LogP contribution is -2.92. The second-order valence-corrected chi connectivity index (χ2v) is 3.00. The zero-order chi connectivity index (χ0) is 5.98. The summed E-state index contributed by atoms with van der Waals surface area (Å²) < 4.78 is 0. The molecular formula is C7H16N+. The van der Waals surface area contributed by atoms with Gasteiger partial charge in [0.05, 0.1) is 12.6 Å². The van der Waals surface area contributed by atoms with Crippen molar-refractivity contribution in [1.82, 2.24) is 0 Å². The van der Waals surface area contributed by atoms with Crippen LogP contribution in [0, 0.1) is 5.92 Å². The molecule has 2 N–H and O–H groups in total. The molecule has 0 aromatic heterocycles. The van der Waals surface area contributed by atoms with Gasteiger partial charge in [-0.3, -0.25) is 0 Å². The molecule has 1 heterocycles. The minimum Gasteiger partial charge on any atom is -0.344 e. The molecule has 0 saturated carbocycles. The second-order valence-electron chi connectivity index (χ2n) is 3.00. The molecule has 0 radical (unpaired) electrons. The molecule has 1 aliphatic rings. The molecule has 0 bridgehead atoms. The highest BCUT2D eigenvalue weighted by Crippen LogP contribution is 2.09. The molecule has 1 rings (SSSR count). The van der Waals surface area contributed by atoms with Crippen molar-refractivity contribution in [1.29, 1.82) is 0 Å². The van der Waals surface area contributed by atoms with E-state index in [1.165, 1.54) is 19.4 Å². The number of quaternary nitrogens is 1. The first-order chi connectivity index (χ1) is 3.80. The molecule has 1 saturated heterocycles. The third kappa shape index (κ3) is 1.22. The smallest absolute Gasteiger partial charge is 0.0856 e.